The minimum Gasteiger partial charge on any atom is -0.505 e. The monoisotopic (exact) mass is 514 g/mol. The summed E-state index contributed by atoms with van der Waals surface area (Å²) in [5.74, 6) is -2.98. The molecule has 0 aromatic rings. The van der Waals surface area contributed by atoms with Gasteiger partial charge in [0, 0.05) is 23.7 Å². The maximum atomic E-state index is 14.2. The summed E-state index contributed by atoms with van der Waals surface area (Å²) in [6.45, 7) is 13.8. The van der Waals surface area contributed by atoms with Gasteiger partial charge >= 0.3 is 0 Å². The molecule has 0 aromatic heterocycles. The van der Waals surface area contributed by atoms with Gasteiger partial charge in [0.1, 0.15) is 11.4 Å². The van der Waals surface area contributed by atoms with Crippen LogP contribution in [0.1, 0.15) is 74.7 Å². The van der Waals surface area contributed by atoms with Crippen LogP contribution >= 0.6 is 0 Å². The van der Waals surface area contributed by atoms with Crippen LogP contribution in [0.2, 0.25) is 0 Å². The lowest BCUT2D eigenvalue weighted by Gasteiger charge is -2.63. The maximum Gasteiger partial charge on any atom is 0.206 e. The summed E-state index contributed by atoms with van der Waals surface area (Å²) < 4.78 is 0. The zero-order valence-corrected chi connectivity index (χ0v) is 23.3. The Morgan fingerprint density at radius 2 is 1.65 bits per heavy atom. The molecule has 4 rings (SSSR count). The molecule has 7 nitrogen and oxygen atoms in total. The summed E-state index contributed by atoms with van der Waals surface area (Å²) in [6.07, 6.45) is 5.85. The number of aliphatic hydroxyl groups is 4. The highest BCUT2D eigenvalue weighted by Gasteiger charge is 2.74. The number of aliphatic hydroxyl groups excluding tert-OH is 2. The molecule has 0 aliphatic heterocycles. The highest BCUT2D eigenvalue weighted by Crippen LogP contribution is 2.73. The molecular weight excluding hydrogens is 472 g/mol. The molecule has 0 saturated heterocycles. The molecule has 8 atom stereocenters. The number of rotatable bonds is 4. The Balaban J connectivity index is 1.82. The van der Waals surface area contributed by atoms with E-state index in [1.165, 1.54) is 32.9 Å². The molecule has 2 saturated carbocycles. The van der Waals surface area contributed by atoms with E-state index < -0.39 is 56.6 Å². The Kier molecular flexibility index (Phi) is 6.01. The summed E-state index contributed by atoms with van der Waals surface area (Å²) in [7, 11) is 0. The fourth-order valence-electron chi connectivity index (χ4n) is 8.58. The largest absolute Gasteiger partial charge is 0.505 e. The molecule has 7 heteroatoms. The fraction of sp³-hybridized carbons (Fsp3) is 0.700. The van der Waals surface area contributed by atoms with Crippen LogP contribution in [0.4, 0.5) is 0 Å². The fourth-order valence-corrected chi connectivity index (χ4v) is 8.58. The van der Waals surface area contributed by atoms with E-state index >= 15 is 0 Å². The normalized spacial score (nSPS) is 42.9. The van der Waals surface area contributed by atoms with Gasteiger partial charge in [-0.2, -0.15) is 0 Å². The molecule has 2 unspecified atom stereocenters. The maximum absolute atomic E-state index is 14.2. The van der Waals surface area contributed by atoms with Gasteiger partial charge in [-0.25, -0.2) is 0 Å². The van der Waals surface area contributed by atoms with Gasteiger partial charge in [-0.15, -0.1) is 0 Å². The first-order valence-corrected chi connectivity index (χ1v) is 13.2. The van der Waals surface area contributed by atoms with Crippen molar-refractivity contribution in [1.82, 2.24) is 0 Å². The van der Waals surface area contributed by atoms with Crippen LogP contribution in [-0.2, 0) is 14.4 Å². The summed E-state index contributed by atoms with van der Waals surface area (Å²) in [4.78, 5) is 40.1. The zero-order chi connectivity index (χ0) is 28.1. The van der Waals surface area contributed by atoms with Crippen LogP contribution < -0.4 is 0 Å². The Morgan fingerprint density at radius 1 is 1.05 bits per heavy atom. The standard InChI is InChI=1S/C30H42O7/c1-25(2,36)12-11-21(33)30(8,37)23-19(32)14-27(5)20-10-9-16-17(13-18(31)24(35)26(16,3)4)29(20,7)22(34)15-28(23,27)6/h9,11-13,17,19-20,23,31-32,36-37H,10,14-15H2,1-8H3/b12-11+/t17?,19-,20?,23+,27+,28-,29+,30+/m0/s1. The number of allylic oxidation sites excluding steroid dienone is 4. The minimum absolute atomic E-state index is 0.0453. The van der Waals surface area contributed by atoms with Gasteiger partial charge in [-0.05, 0) is 76.4 Å². The zero-order valence-electron chi connectivity index (χ0n) is 23.3. The Bertz CT molecular complexity index is 1150. The van der Waals surface area contributed by atoms with Gasteiger partial charge in [0.15, 0.2) is 11.5 Å². The molecule has 0 aromatic carbocycles. The molecule has 0 bridgehead atoms. The van der Waals surface area contributed by atoms with Gasteiger partial charge in [0.25, 0.3) is 0 Å². The van der Waals surface area contributed by atoms with E-state index in [0.717, 1.165) is 11.6 Å². The molecule has 4 aliphatic rings. The van der Waals surface area contributed by atoms with E-state index in [-0.39, 0.29) is 29.7 Å². The Hall–Kier alpha value is -2.09. The lowest BCUT2D eigenvalue weighted by molar-refractivity contribution is -0.179. The molecule has 37 heavy (non-hydrogen) atoms. The number of ketones is 3. The van der Waals surface area contributed by atoms with Crippen molar-refractivity contribution in [3.05, 3.63) is 35.6 Å². The number of carbonyl (C=O) groups excluding carboxylic acids is 3. The van der Waals surface area contributed by atoms with Crippen molar-refractivity contribution < 1.29 is 34.8 Å². The van der Waals surface area contributed by atoms with Gasteiger partial charge in [-0.3, -0.25) is 14.4 Å². The highest BCUT2D eigenvalue weighted by atomic mass is 16.3. The van der Waals surface area contributed by atoms with Crippen LogP contribution in [-0.4, -0.2) is 55.1 Å². The molecule has 4 N–H and O–H groups in total. The lowest BCUT2D eigenvalue weighted by Crippen LogP contribution is -2.64. The summed E-state index contributed by atoms with van der Waals surface area (Å²) in [6, 6.07) is 0. The van der Waals surface area contributed by atoms with E-state index in [4.69, 9.17) is 0 Å². The average molecular weight is 515 g/mol. The van der Waals surface area contributed by atoms with E-state index in [1.807, 2.05) is 26.8 Å². The Labute approximate surface area is 219 Å². The minimum atomic E-state index is -1.96. The van der Waals surface area contributed by atoms with Crippen LogP contribution in [0.5, 0.6) is 0 Å². The van der Waals surface area contributed by atoms with Crippen molar-refractivity contribution in [2.24, 2.45) is 39.4 Å². The number of carbonyl (C=O) groups is 3. The number of hydrogen-bond acceptors (Lipinski definition) is 7. The first kappa shape index (κ1) is 27.9. The number of hydrogen-bond donors (Lipinski definition) is 4. The van der Waals surface area contributed by atoms with Gasteiger partial charge in [-0.1, -0.05) is 38.5 Å². The molecule has 0 amide bonds. The second-order valence-electron chi connectivity index (χ2n) is 13.9. The highest BCUT2D eigenvalue weighted by molar-refractivity contribution is 6.02. The van der Waals surface area contributed by atoms with Crippen molar-refractivity contribution in [3.63, 3.8) is 0 Å². The van der Waals surface area contributed by atoms with Crippen molar-refractivity contribution in [1.29, 1.82) is 0 Å². The molecule has 0 radical (unpaired) electrons. The first-order chi connectivity index (χ1) is 16.7. The van der Waals surface area contributed by atoms with E-state index in [2.05, 4.69) is 0 Å². The predicted molar refractivity (Wildman–Crippen MR) is 138 cm³/mol. The first-order valence-electron chi connectivity index (χ1n) is 13.2. The van der Waals surface area contributed by atoms with Crippen LogP contribution in [0.3, 0.4) is 0 Å². The average Bonchev–Trinajstić information content (AvgIpc) is 2.96. The van der Waals surface area contributed by atoms with E-state index in [9.17, 15) is 34.8 Å². The van der Waals surface area contributed by atoms with Crippen molar-refractivity contribution in [2.75, 3.05) is 0 Å². The molecule has 0 heterocycles. The third kappa shape index (κ3) is 3.60. The molecule has 2 fully saturated rings. The molecular formula is C30H42O7. The van der Waals surface area contributed by atoms with Crippen molar-refractivity contribution >= 4 is 17.3 Å². The van der Waals surface area contributed by atoms with Gasteiger partial charge in [0.05, 0.1) is 17.1 Å². The molecule has 4 aliphatic carbocycles. The summed E-state index contributed by atoms with van der Waals surface area (Å²) >= 11 is 0. The second kappa shape index (κ2) is 7.96. The number of Topliss-reactive ketones (excluding diaryl/α,β-unsaturated/α-hetero) is 2. The predicted octanol–water partition coefficient (Wildman–Crippen LogP) is 3.62. The molecule has 0 spiro atoms. The topological polar surface area (TPSA) is 132 Å². The molecule has 204 valence electrons. The quantitative estimate of drug-likeness (QED) is 0.333. The van der Waals surface area contributed by atoms with E-state index in [1.54, 1.807) is 13.8 Å². The smallest absolute Gasteiger partial charge is 0.206 e. The SMILES string of the molecule is CC(C)(O)/C=C/C(=O)[C@@](C)(O)[C@@H]1[C@@H](O)C[C@]2(C)C3CC=C4C(C=C(O)C(=O)C4(C)C)[C@@]3(C)C(=O)C[C@@]12C. The summed E-state index contributed by atoms with van der Waals surface area (Å²) in [5, 5.41) is 43.6. The van der Waals surface area contributed by atoms with Gasteiger partial charge < -0.3 is 20.4 Å². The van der Waals surface area contributed by atoms with Crippen LogP contribution in [0.15, 0.2) is 35.6 Å². The number of fused-ring (bicyclic) bond motifs is 5. The van der Waals surface area contributed by atoms with Gasteiger partial charge in [0.2, 0.25) is 5.78 Å². The lowest BCUT2D eigenvalue weighted by atomic mass is 9.39. The van der Waals surface area contributed by atoms with Crippen molar-refractivity contribution in [2.45, 2.75) is 92.0 Å². The van der Waals surface area contributed by atoms with Crippen LogP contribution in [0, 0.1) is 39.4 Å². The van der Waals surface area contributed by atoms with Crippen molar-refractivity contribution in [3.8, 4) is 0 Å². The van der Waals surface area contributed by atoms with E-state index in [0.29, 0.717) is 12.8 Å². The summed E-state index contributed by atoms with van der Waals surface area (Å²) in [5.41, 5.74) is -5.75. The Morgan fingerprint density at radius 3 is 2.22 bits per heavy atom. The third-order valence-corrected chi connectivity index (χ3v) is 10.8. The second-order valence-corrected chi connectivity index (χ2v) is 13.9. The van der Waals surface area contributed by atoms with Crippen LogP contribution in [0.25, 0.3) is 0 Å². The third-order valence-electron chi connectivity index (χ3n) is 10.8.